The van der Waals surface area contributed by atoms with E-state index in [9.17, 15) is 0 Å². The predicted molar refractivity (Wildman–Crippen MR) is 117 cm³/mol. The van der Waals surface area contributed by atoms with Crippen molar-refractivity contribution in [3.63, 3.8) is 0 Å². The van der Waals surface area contributed by atoms with Crippen LogP contribution in [0.15, 0.2) is 36.3 Å². The van der Waals surface area contributed by atoms with Crippen LogP contribution >= 0.6 is 0 Å². The molecule has 1 aromatic carbocycles. The second kappa shape index (κ2) is 10.8. The lowest BCUT2D eigenvalue weighted by atomic mass is 10.2. The summed E-state index contributed by atoms with van der Waals surface area (Å²) in [6, 6.07) is 16.7. The smallest absolute Gasteiger partial charge is 0.296 e. The minimum atomic E-state index is -1.87. The van der Waals surface area contributed by atoms with Crippen LogP contribution < -0.4 is 0 Å². The molecule has 0 radical (unpaired) electrons. The molecule has 0 bridgehead atoms. The van der Waals surface area contributed by atoms with Gasteiger partial charge in [0.15, 0.2) is 0 Å². The molecule has 0 N–H and O–H groups in total. The molecule has 0 fully saturated rings. The quantitative estimate of drug-likeness (QED) is 0.282. The highest BCUT2D eigenvalue weighted by molar-refractivity contribution is 6.75. The Bertz CT molecular complexity index is 509. The molecular formula is C21H38O3Si2. The fourth-order valence-electron chi connectivity index (χ4n) is 3.35. The summed E-state index contributed by atoms with van der Waals surface area (Å²) in [5.74, 6) is 1.39. The highest BCUT2D eigenvalue weighted by Gasteiger charge is 2.38. The molecule has 0 aliphatic carbocycles. The molecule has 0 atom stereocenters. The van der Waals surface area contributed by atoms with Crippen molar-refractivity contribution < 1.29 is 13.6 Å². The van der Waals surface area contributed by atoms with Gasteiger partial charge < -0.3 is 13.6 Å². The van der Waals surface area contributed by atoms with E-state index in [0.29, 0.717) is 5.95 Å². The molecule has 0 saturated carbocycles. The fourth-order valence-corrected chi connectivity index (χ4v) is 8.35. The Morgan fingerprint density at radius 1 is 0.692 bits per heavy atom. The average Bonchev–Trinajstić information content (AvgIpc) is 2.71. The number of rotatable bonds is 12. The maximum Gasteiger partial charge on any atom is 0.296 e. The van der Waals surface area contributed by atoms with Crippen molar-refractivity contribution >= 4 is 22.4 Å². The van der Waals surface area contributed by atoms with E-state index in [2.05, 4.69) is 53.7 Å². The van der Waals surface area contributed by atoms with Gasteiger partial charge in [0.25, 0.3) is 22.6 Å². The van der Waals surface area contributed by atoms with Gasteiger partial charge in [-0.15, -0.1) is 0 Å². The van der Waals surface area contributed by atoms with Gasteiger partial charge in [0.2, 0.25) is 5.76 Å². The molecule has 0 saturated heterocycles. The van der Waals surface area contributed by atoms with Crippen LogP contribution in [-0.4, -0.2) is 23.7 Å². The summed E-state index contributed by atoms with van der Waals surface area (Å²) in [6.45, 7) is 13.5. The first-order chi connectivity index (χ1) is 12.5. The summed E-state index contributed by atoms with van der Waals surface area (Å²) in [6.07, 6.45) is 0. The van der Waals surface area contributed by atoms with E-state index in [1.165, 1.54) is 0 Å². The maximum atomic E-state index is 6.76. The lowest BCUT2D eigenvalue weighted by Gasteiger charge is -2.36. The van der Waals surface area contributed by atoms with Crippen molar-refractivity contribution in [2.24, 2.45) is 0 Å². The first kappa shape index (κ1) is 22.8. The number of ether oxygens (including phenoxy) is 1. The molecule has 0 unspecified atom stereocenters. The lowest BCUT2D eigenvalue weighted by Crippen LogP contribution is -2.41. The van der Waals surface area contributed by atoms with Crippen LogP contribution in [0.1, 0.15) is 47.1 Å². The van der Waals surface area contributed by atoms with E-state index in [1.807, 2.05) is 18.2 Å². The maximum absolute atomic E-state index is 6.76. The van der Waals surface area contributed by atoms with E-state index >= 15 is 0 Å². The largest absolute Gasteiger partial charge is 0.517 e. The average molecular weight is 395 g/mol. The Hall–Kier alpha value is -1.21. The predicted octanol–water partition coefficient (Wildman–Crippen LogP) is 7.00. The van der Waals surface area contributed by atoms with Crippen molar-refractivity contribution in [2.75, 3.05) is 7.11 Å². The molecule has 5 heteroatoms. The second-order valence-corrected chi connectivity index (χ2v) is 16.3. The van der Waals surface area contributed by atoms with Gasteiger partial charge in [-0.25, -0.2) is 0 Å². The van der Waals surface area contributed by atoms with Crippen molar-refractivity contribution in [2.45, 2.75) is 77.8 Å². The van der Waals surface area contributed by atoms with Crippen molar-refractivity contribution in [3.8, 4) is 0 Å². The molecule has 0 heterocycles. The zero-order valence-corrected chi connectivity index (χ0v) is 19.9. The van der Waals surface area contributed by atoms with E-state index in [1.54, 1.807) is 7.11 Å². The van der Waals surface area contributed by atoms with Crippen molar-refractivity contribution in [1.29, 1.82) is 0 Å². The lowest BCUT2D eigenvalue weighted by molar-refractivity contribution is 0.188. The minimum Gasteiger partial charge on any atom is -0.517 e. The van der Waals surface area contributed by atoms with Gasteiger partial charge in [-0.3, -0.25) is 0 Å². The van der Waals surface area contributed by atoms with Gasteiger partial charge in [-0.1, -0.05) is 71.9 Å². The number of methoxy groups -OCH3 is 1. The van der Waals surface area contributed by atoms with E-state index in [0.717, 1.165) is 47.6 Å². The summed E-state index contributed by atoms with van der Waals surface area (Å²) in [5.41, 5.74) is 1.02. The van der Waals surface area contributed by atoms with Gasteiger partial charge in [0.05, 0.1) is 7.11 Å². The molecule has 3 nitrogen and oxygen atoms in total. The first-order valence-corrected chi connectivity index (χ1v) is 15.3. The highest BCUT2D eigenvalue weighted by Crippen LogP contribution is 2.34. The van der Waals surface area contributed by atoms with Gasteiger partial charge in [0.1, 0.15) is 0 Å². The summed E-state index contributed by atoms with van der Waals surface area (Å²) in [7, 11) is -2.02. The Balaban J connectivity index is 3.47. The van der Waals surface area contributed by atoms with Gasteiger partial charge >= 0.3 is 0 Å². The van der Waals surface area contributed by atoms with Crippen molar-refractivity contribution in [3.05, 3.63) is 41.8 Å². The monoisotopic (exact) mass is 394 g/mol. The molecule has 0 aliphatic rings. The molecule has 26 heavy (non-hydrogen) atoms. The minimum absolute atomic E-state index is 0.646. The van der Waals surface area contributed by atoms with Crippen LogP contribution in [0.5, 0.6) is 0 Å². The van der Waals surface area contributed by atoms with Crippen LogP contribution in [0.4, 0.5) is 0 Å². The molecule has 0 aliphatic heterocycles. The number of hydrogen-bond donors (Lipinski definition) is 0. The summed E-state index contributed by atoms with van der Waals surface area (Å²) >= 11 is 0. The highest BCUT2D eigenvalue weighted by atomic mass is 28.4. The van der Waals surface area contributed by atoms with Crippen LogP contribution in [0, 0.1) is 0 Å². The zero-order valence-electron chi connectivity index (χ0n) is 17.9. The van der Waals surface area contributed by atoms with E-state index < -0.39 is 16.6 Å². The third kappa shape index (κ3) is 5.40. The Labute approximate surface area is 163 Å². The molecule has 148 valence electrons. The van der Waals surface area contributed by atoms with E-state index in [4.69, 9.17) is 13.6 Å². The Kier molecular flexibility index (Phi) is 9.51. The normalized spacial score (nSPS) is 11.8. The van der Waals surface area contributed by atoms with Crippen LogP contribution in [0.25, 0.3) is 5.76 Å². The summed E-state index contributed by atoms with van der Waals surface area (Å²) in [4.78, 5) is 0. The first-order valence-electron chi connectivity index (χ1n) is 10.2. The van der Waals surface area contributed by atoms with Crippen molar-refractivity contribution in [1.82, 2.24) is 0 Å². The van der Waals surface area contributed by atoms with Crippen LogP contribution in [0.2, 0.25) is 36.3 Å². The standard InChI is InChI=1S/C21H38O3Si2/c1-8-25(9-2,10-3)23-21(24-26(11-4,12-5)13-6)20(22-7)19-17-15-14-16-18-19/h14-18H,8-13H2,1-7H3. The summed E-state index contributed by atoms with van der Waals surface area (Å²) < 4.78 is 19.4. The SMILES string of the molecule is CC[Si](CC)(CC)OC(O[Si](CC)(CC)CC)=C(OC)c1ccccc1. The van der Waals surface area contributed by atoms with Gasteiger partial charge in [0, 0.05) is 5.56 Å². The van der Waals surface area contributed by atoms with Crippen LogP contribution in [0.3, 0.4) is 0 Å². The fraction of sp³-hybridized carbons (Fsp3) is 0.619. The molecule has 1 aromatic rings. The molecule has 1 rings (SSSR count). The summed E-state index contributed by atoms with van der Waals surface area (Å²) in [5, 5.41) is 0. The number of hydrogen-bond acceptors (Lipinski definition) is 3. The zero-order chi connectivity index (χ0) is 19.6. The number of benzene rings is 1. The van der Waals surface area contributed by atoms with Gasteiger partial charge in [-0.2, -0.15) is 0 Å². The third-order valence-electron chi connectivity index (χ3n) is 5.91. The topological polar surface area (TPSA) is 27.7 Å². The molecule has 0 aromatic heterocycles. The van der Waals surface area contributed by atoms with Gasteiger partial charge in [-0.05, 0) is 36.3 Å². The Morgan fingerprint density at radius 3 is 1.38 bits per heavy atom. The van der Waals surface area contributed by atoms with Crippen LogP contribution in [-0.2, 0) is 13.6 Å². The molecular weight excluding hydrogens is 356 g/mol. The second-order valence-electron chi connectivity index (χ2n) is 6.88. The molecule has 0 amide bonds. The van der Waals surface area contributed by atoms with E-state index in [-0.39, 0.29) is 0 Å². The third-order valence-corrected chi connectivity index (χ3v) is 14.9. The molecule has 0 spiro atoms. The Morgan fingerprint density at radius 2 is 1.08 bits per heavy atom.